The number of ether oxygens (including phenoxy) is 1. The van der Waals surface area contributed by atoms with E-state index in [1.165, 1.54) is 11.3 Å². The van der Waals surface area contributed by atoms with E-state index in [0.29, 0.717) is 19.6 Å². The van der Waals surface area contributed by atoms with Gasteiger partial charge in [-0.05, 0) is 18.4 Å². The van der Waals surface area contributed by atoms with Crippen molar-refractivity contribution in [2.75, 3.05) is 13.2 Å². The van der Waals surface area contributed by atoms with Crippen LogP contribution in [0.3, 0.4) is 0 Å². The number of hydrogen-bond donors (Lipinski definition) is 0. The van der Waals surface area contributed by atoms with Crippen molar-refractivity contribution in [2.45, 2.75) is 19.3 Å². The van der Waals surface area contributed by atoms with Crippen molar-refractivity contribution in [1.29, 1.82) is 5.26 Å². The molecule has 0 saturated heterocycles. The smallest absolute Gasteiger partial charge is 0.157 e. The molecule has 1 atom stereocenters. The van der Waals surface area contributed by atoms with Gasteiger partial charge >= 0.3 is 0 Å². The van der Waals surface area contributed by atoms with Crippen LogP contribution in [0, 0.1) is 11.3 Å². The number of Topliss-reactive ketones (excluding diaryl/α,β-unsaturated/α-hetero) is 1. The van der Waals surface area contributed by atoms with Crippen molar-refractivity contribution in [3.63, 3.8) is 0 Å². The van der Waals surface area contributed by atoms with E-state index in [2.05, 4.69) is 0 Å². The molecule has 4 heteroatoms. The fourth-order valence-electron chi connectivity index (χ4n) is 1.21. The summed E-state index contributed by atoms with van der Waals surface area (Å²) in [6.07, 6.45) is 0.309. The maximum Gasteiger partial charge on any atom is 0.157 e. The van der Waals surface area contributed by atoms with Gasteiger partial charge in [0.05, 0.1) is 12.7 Å². The highest BCUT2D eigenvalue weighted by atomic mass is 32.1. The van der Waals surface area contributed by atoms with E-state index in [9.17, 15) is 4.79 Å². The number of thiophene rings is 1. The van der Waals surface area contributed by atoms with Gasteiger partial charge < -0.3 is 4.74 Å². The van der Waals surface area contributed by atoms with Crippen LogP contribution in [-0.4, -0.2) is 19.0 Å². The number of carbonyl (C=O) groups excluding carboxylic acids is 1. The fourth-order valence-corrected chi connectivity index (χ4v) is 2.00. The number of carbonyl (C=O) groups is 1. The SMILES string of the molecule is CCOCCC(=O)C(C#N)c1cccs1. The predicted octanol–water partition coefficient (Wildman–Crippen LogP) is 2.35. The normalized spacial score (nSPS) is 12.0. The van der Waals surface area contributed by atoms with E-state index < -0.39 is 5.92 Å². The van der Waals surface area contributed by atoms with Crippen LogP contribution in [0.15, 0.2) is 17.5 Å². The topological polar surface area (TPSA) is 50.1 Å². The van der Waals surface area contributed by atoms with Gasteiger partial charge in [-0.25, -0.2) is 0 Å². The lowest BCUT2D eigenvalue weighted by Crippen LogP contribution is -2.12. The van der Waals surface area contributed by atoms with Crippen LogP contribution >= 0.6 is 11.3 Å². The summed E-state index contributed by atoms with van der Waals surface area (Å²) >= 11 is 1.44. The van der Waals surface area contributed by atoms with Crippen LogP contribution in [0.2, 0.25) is 0 Å². The van der Waals surface area contributed by atoms with E-state index in [4.69, 9.17) is 10.00 Å². The second-order valence-electron chi connectivity index (χ2n) is 2.99. The van der Waals surface area contributed by atoms with E-state index >= 15 is 0 Å². The van der Waals surface area contributed by atoms with E-state index in [1.807, 2.05) is 30.5 Å². The summed E-state index contributed by atoms with van der Waals surface area (Å²) in [5.74, 6) is -0.682. The Hall–Kier alpha value is -1.18. The highest BCUT2D eigenvalue weighted by molar-refractivity contribution is 7.10. The Balaban J connectivity index is 2.53. The molecule has 1 rings (SSSR count). The van der Waals surface area contributed by atoms with Gasteiger partial charge in [-0.3, -0.25) is 4.79 Å². The van der Waals surface area contributed by atoms with E-state index in [0.717, 1.165) is 4.88 Å². The van der Waals surface area contributed by atoms with Crippen molar-refractivity contribution in [3.8, 4) is 6.07 Å². The van der Waals surface area contributed by atoms with Gasteiger partial charge in [0, 0.05) is 17.9 Å². The van der Waals surface area contributed by atoms with Crippen LogP contribution < -0.4 is 0 Å². The summed E-state index contributed by atoms with van der Waals surface area (Å²) in [5, 5.41) is 10.8. The van der Waals surface area contributed by atoms with E-state index in [1.54, 1.807) is 0 Å². The zero-order chi connectivity index (χ0) is 11.1. The number of nitrogens with zero attached hydrogens (tertiary/aromatic N) is 1. The Morgan fingerprint density at radius 2 is 2.53 bits per heavy atom. The molecule has 0 bridgehead atoms. The summed E-state index contributed by atoms with van der Waals surface area (Å²) in [4.78, 5) is 12.5. The van der Waals surface area contributed by atoms with Gasteiger partial charge in [0.25, 0.3) is 0 Å². The largest absolute Gasteiger partial charge is 0.381 e. The number of ketones is 1. The molecule has 0 saturated carbocycles. The molecule has 0 aliphatic heterocycles. The number of nitriles is 1. The first-order chi connectivity index (χ1) is 7.29. The second-order valence-corrected chi connectivity index (χ2v) is 3.97. The van der Waals surface area contributed by atoms with Gasteiger partial charge in [0.1, 0.15) is 5.92 Å². The molecule has 0 N–H and O–H groups in total. The molecule has 0 aliphatic rings. The first-order valence-electron chi connectivity index (χ1n) is 4.83. The minimum atomic E-state index is -0.620. The van der Waals surface area contributed by atoms with Crippen molar-refractivity contribution in [3.05, 3.63) is 22.4 Å². The first-order valence-corrected chi connectivity index (χ1v) is 5.71. The average molecular weight is 223 g/mol. The van der Waals surface area contributed by atoms with Crippen LogP contribution in [-0.2, 0) is 9.53 Å². The Morgan fingerprint density at radius 3 is 3.07 bits per heavy atom. The van der Waals surface area contributed by atoms with Crippen molar-refractivity contribution in [2.24, 2.45) is 0 Å². The minimum absolute atomic E-state index is 0.0617. The summed E-state index contributed by atoms with van der Waals surface area (Å²) in [6.45, 7) is 2.88. The maximum absolute atomic E-state index is 11.7. The third-order valence-electron chi connectivity index (χ3n) is 1.98. The van der Waals surface area contributed by atoms with Crippen LogP contribution in [0.4, 0.5) is 0 Å². The quantitative estimate of drug-likeness (QED) is 0.695. The Morgan fingerprint density at radius 1 is 1.73 bits per heavy atom. The molecular weight excluding hydrogens is 210 g/mol. The summed E-state index contributed by atoms with van der Waals surface area (Å²) < 4.78 is 5.09. The van der Waals surface area contributed by atoms with E-state index in [-0.39, 0.29) is 5.78 Å². The number of hydrogen-bond acceptors (Lipinski definition) is 4. The van der Waals surface area contributed by atoms with Crippen molar-refractivity contribution in [1.82, 2.24) is 0 Å². The second kappa shape index (κ2) is 6.33. The fraction of sp³-hybridized carbons (Fsp3) is 0.455. The summed E-state index contributed by atoms with van der Waals surface area (Å²) in [6, 6.07) is 5.70. The molecule has 0 spiro atoms. The molecule has 0 fully saturated rings. The molecule has 80 valence electrons. The van der Waals surface area contributed by atoms with Gasteiger partial charge in [0.15, 0.2) is 5.78 Å². The lowest BCUT2D eigenvalue weighted by Gasteiger charge is -2.05. The highest BCUT2D eigenvalue weighted by Crippen LogP contribution is 2.22. The molecule has 3 nitrogen and oxygen atoms in total. The van der Waals surface area contributed by atoms with Crippen molar-refractivity contribution >= 4 is 17.1 Å². The molecule has 0 amide bonds. The zero-order valence-corrected chi connectivity index (χ0v) is 9.42. The number of rotatable bonds is 6. The average Bonchev–Trinajstić information content (AvgIpc) is 2.73. The molecule has 1 aromatic heterocycles. The van der Waals surface area contributed by atoms with Gasteiger partial charge in [-0.1, -0.05) is 6.07 Å². The van der Waals surface area contributed by atoms with Gasteiger partial charge in [-0.2, -0.15) is 5.26 Å². The molecule has 0 radical (unpaired) electrons. The van der Waals surface area contributed by atoms with Crippen molar-refractivity contribution < 1.29 is 9.53 Å². The third kappa shape index (κ3) is 3.46. The lowest BCUT2D eigenvalue weighted by atomic mass is 10.0. The molecule has 15 heavy (non-hydrogen) atoms. The molecular formula is C11H13NO2S. The highest BCUT2D eigenvalue weighted by Gasteiger charge is 2.20. The summed E-state index contributed by atoms with van der Waals surface area (Å²) in [5.41, 5.74) is 0. The standard InChI is InChI=1S/C11H13NO2S/c1-2-14-6-5-10(13)9(8-12)11-4-3-7-15-11/h3-4,7,9H,2,5-6H2,1H3. The van der Waals surface area contributed by atoms with Crippen LogP contribution in [0.5, 0.6) is 0 Å². The van der Waals surface area contributed by atoms with Gasteiger partial charge in [0.2, 0.25) is 0 Å². The minimum Gasteiger partial charge on any atom is -0.381 e. The molecule has 1 unspecified atom stereocenters. The lowest BCUT2D eigenvalue weighted by molar-refractivity contribution is -0.120. The van der Waals surface area contributed by atoms with Crippen LogP contribution in [0.25, 0.3) is 0 Å². The molecule has 0 aliphatic carbocycles. The summed E-state index contributed by atoms with van der Waals surface area (Å²) in [7, 11) is 0. The molecule has 1 heterocycles. The monoisotopic (exact) mass is 223 g/mol. The van der Waals surface area contributed by atoms with Gasteiger partial charge in [-0.15, -0.1) is 11.3 Å². The predicted molar refractivity (Wildman–Crippen MR) is 58.8 cm³/mol. The zero-order valence-electron chi connectivity index (χ0n) is 8.60. The third-order valence-corrected chi connectivity index (χ3v) is 2.91. The van der Waals surface area contributed by atoms with Crippen LogP contribution in [0.1, 0.15) is 24.1 Å². The Kier molecular flexibility index (Phi) is 5.02. The Bertz CT molecular complexity index is 340. The maximum atomic E-state index is 11.7. The molecule has 0 aromatic carbocycles. The Labute approximate surface area is 93.3 Å². The first kappa shape index (κ1) is 11.9. The molecule has 1 aromatic rings.